The number of hydrogen-bond donors (Lipinski definition) is 1. The molecule has 1 atom stereocenters. The molecule has 0 aliphatic rings. The van der Waals surface area contributed by atoms with Gasteiger partial charge in [-0.25, -0.2) is 4.98 Å². The fourth-order valence-corrected chi connectivity index (χ4v) is 1.95. The third-order valence-electron chi connectivity index (χ3n) is 1.84. The van der Waals surface area contributed by atoms with Gasteiger partial charge in [-0.3, -0.25) is 0 Å². The maximum absolute atomic E-state index is 5.98. The van der Waals surface area contributed by atoms with Gasteiger partial charge >= 0.3 is 0 Å². The summed E-state index contributed by atoms with van der Waals surface area (Å²) in [6, 6.07) is -0.262. The molecule has 0 fully saturated rings. The molecule has 74 valence electrons. The second-order valence-electron chi connectivity index (χ2n) is 3.06. The van der Waals surface area contributed by atoms with Crippen LogP contribution in [0.1, 0.15) is 22.4 Å². The van der Waals surface area contributed by atoms with Crippen molar-refractivity contribution in [2.75, 3.05) is 0 Å². The van der Waals surface area contributed by atoms with Crippen molar-refractivity contribution in [2.45, 2.75) is 13.0 Å². The van der Waals surface area contributed by atoms with E-state index in [-0.39, 0.29) is 6.04 Å². The smallest absolute Gasteiger partial charge is 0.116 e. The molecular formula is C8H11N5S. The molecule has 0 aliphatic heterocycles. The van der Waals surface area contributed by atoms with Crippen LogP contribution in [0.3, 0.4) is 0 Å². The average Bonchev–Trinajstić information content (AvgIpc) is 2.73. The quantitative estimate of drug-likeness (QED) is 0.787. The number of hydrogen-bond acceptors (Lipinski definition) is 5. The first kappa shape index (κ1) is 9.29. The van der Waals surface area contributed by atoms with Crippen molar-refractivity contribution in [2.24, 2.45) is 12.8 Å². The Hall–Kier alpha value is -1.27. The highest BCUT2D eigenvalue weighted by Gasteiger charge is 2.15. The molecule has 2 aromatic rings. The normalized spacial score (nSPS) is 13.1. The zero-order valence-electron chi connectivity index (χ0n) is 8.01. The molecule has 0 radical (unpaired) electrons. The van der Waals surface area contributed by atoms with Crippen LogP contribution in [0, 0.1) is 6.92 Å². The summed E-state index contributed by atoms with van der Waals surface area (Å²) in [5.41, 5.74) is 7.72. The van der Waals surface area contributed by atoms with Crippen LogP contribution in [0.15, 0.2) is 11.6 Å². The second-order valence-corrected chi connectivity index (χ2v) is 3.95. The summed E-state index contributed by atoms with van der Waals surface area (Å²) in [6.07, 6.45) is 1.67. The Kier molecular flexibility index (Phi) is 2.30. The van der Waals surface area contributed by atoms with E-state index in [0.29, 0.717) is 0 Å². The zero-order chi connectivity index (χ0) is 10.1. The molecule has 0 saturated carbocycles. The Bertz CT molecular complexity index is 392. The van der Waals surface area contributed by atoms with Crippen molar-refractivity contribution in [3.8, 4) is 0 Å². The lowest BCUT2D eigenvalue weighted by molar-refractivity contribution is 0.637. The molecule has 2 aromatic heterocycles. The molecular weight excluding hydrogens is 198 g/mol. The van der Waals surface area contributed by atoms with Crippen LogP contribution < -0.4 is 5.73 Å². The fourth-order valence-electron chi connectivity index (χ4n) is 1.15. The summed E-state index contributed by atoms with van der Waals surface area (Å²) in [6.45, 7) is 1.95. The van der Waals surface area contributed by atoms with Gasteiger partial charge in [0.25, 0.3) is 0 Å². The summed E-state index contributed by atoms with van der Waals surface area (Å²) in [4.78, 5) is 5.81. The van der Waals surface area contributed by atoms with E-state index in [4.69, 9.17) is 5.73 Å². The van der Waals surface area contributed by atoms with E-state index < -0.39 is 0 Å². The van der Waals surface area contributed by atoms with E-state index in [0.717, 1.165) is 16.4 Å². The third kappa shape index (κ3) is 1.66. The summed E-state index contributed by atoms with van der Waals surface area (Å²) in [5.74, 6) is 0. The van der Waals surface area contributed by atoms with Crippen LogP contribution in [0.5, 0.6) is 0 Å². The number of rotatable bonds is 2. The Morgan fingerprint density at radius 1 is 1.57 bits per heavy atom. The summed E-state index contributed by atoms with van der Waals surface area (Å²) in [7, 11) is 1.77. The molecule has 2 heterocycles. The van der Waals surface area contributed by atoms with Gasteiger partial charge in [0, 0.05) is 18.1 Å². The Labute approximate surface area is 85.6 Å². The lowest BCUT2D eigenvalue weighted by Gasteiger charge is -2.02. The number of nitrogens with zero attached hydrogens (tertiary/aromatic N) is 4. The average molecular weight is 209 g/mol. The van der Waals surface area contributed by atoms with Crippen molar-refractivity contribution in [1.82, 2.24) is 20.0 Å². The molecule has 0 aliphatic carbocycles. The number of nitrogens with two attached hydrogens (primary N) is 1. The molecule has 6 heteroatoms. The standard InChI is InChI=1S/C8H11N5S/c1-5-4-14-8(11-5)7(9)6-3-10-13(2)12-6/h3-4,7H,9H2,1-2H3. The molecule has 0 spiro atoms. The molecule has 14 heavy (non-hydrogen) atoms. The molecule has 1 unspecified atom stereocenters. The highest BCUT2D eigenvalue weighted by atomic mass is 32.1. The van der Waals surface area contributed by atoms with E-state index in [2.05, 4.69) is 15.2 Å². The molecule has 5 nitrogen and oxygen atoms in total. The Morgan fingerprint density at radius 2 is 2.36 bits per heavy atom. The van der Waals surface area contributed by atoms with Crippen LogP contribution in [0.25, 0.3) is 0 Å². The molecule has 0 aromatic carbocycles. The van der Waals surface area contributed by atoms with Gasteiger partial charge in [0.05, 0.1) is 6.20 Å². The summed E-state index contributed by atoms with van der Waals surface area (Å²) < 4.78 is 0. The van der Waals surface area contributed by atoms with Crippen LogP contribution in [0.4, 0.5) is 0 Å². The highest BCUT2D eigenvalue weighted by Crippen LogP contribution is 2.20. The van der Waals surface area contributed by atoms with E-state index in [1.165, 1.54) is 4.80 Å². The van der Waals surface area contributed by atoms with Gasteiger partial charge in [-0.2, -0.15) is 15.0 Å². The SMILES string of the molecule is Cc1csc(C(N)c2cnn(C)n2)n1. The highest BCUT2D eigenvalue weighted by molar-refractivity contribution is 7.09. The zero-order valence-corrected chi connectivity index (χ0v) is 8.82. The van der Waals surface area contributed by atoms with E-state index >= 15 is 0 Å². The van der Waals surface area contributed by atoms with Gasteiger partial charge in [0.1, 0.15) is 16.7 Å². The Balaban J connectivity index is 2.28. The third-order valence-corrected chi connectivity index (χ3v) is 2.88. The predicted molar refractivity (Wildman–Crippen MR) is 53.9 cm³/mol. The maximum atomic E-state index is 5.98. The van der Waals surface area contributed by atoms with Gasteiger partial charge in [0.15, 0.2) is 0 Å². The van der Waals surface area contributed by atoms with Crippen molar-refractivity contribution in [3.05, 3.63) is 28.0 Å². The maximum Gasteiger partial charge on any atom is 0.116 e. The van der Waals surface area contributed by atoms with Crippen molar-refractivity contribution < 1.29 is 0 Å². The van der Waals surface area contributed by atoms with Gasteiger partial charge in [-0.1, -0.05) is 0 Å². The molecule has 2 rings (SSSR count). The minimum atomic E-state index is -0.262. The molecule has 0 bridgehead atoms. The van der Waals surface area contributed by atoms with E-state index in [1.807, 2.05) is 12.3 Å². The second kappa shape index (κ2) is 3.47. The van der Waals surface area contributed by atoms with Crippen LogP contribution in [-0.4, -0.2) is 20.0 Å². The monoisotopic (exact) mass is 209 g/mol. The first-order valence-corrected chi connectivity index (χ1v) is 5.08. The van der Waals surface area contributed by atoms with Crippen molar-refractivity contribution >= 4 is 11.3 Å². The van der Waals surface area contributed by atoms with E-state index in [1.54, 1.807) is 24.6 Å². The van der Waals surface area contributed by atoms with Crippen LogP contribution in [-0.2, 0) is 7.05 Å². The number of aromatic nitrogens is 4. The minimum absolute atomic E-state index is 0.262. The Morgan fingerprint density at radius 3 is 2.86 bits per heavy atom. The molecule has 0 amide bonds. The fraction of sp³-hybridized carbons (Fsp3) is 0.375. The lowest BCUT2D eigenvalue weighted by atomic mass is 10.2. The summed E-state index contributed by atoms with van der Waals surface area (Å²) >= 11 is 1.55. The van der Waals surface area contributed by atoms with Gasteiger partial charge < -0.3 is 5.73 Å². The largest absolute Gasteiger partial charge is 0.317 e. The lowest BCUT2D eigenvalue weighted by Crippen LogP contribution is -2.12. The molecule has 0 saturated heterocycles. The minimum Gasteiger partial charge on any atom is -0.317 e. The van der Waals surface area contributed by atoms with Gasteiger partial charge in [-0.15, -0.1) is 11.3 Å². The predicted octanol–water partition coefficient (Wildman–Crippen LogP) is 0.628. The number of aryl methyl sites for hydroxylation is 2. The van der Waals surface area contributed by atoms with E-state index in [9.17, 15) is 0 Å². The topological polar surface area (TPSA) is 69.6 Å². The van der Waals surface area contributed by atoms with Crippen molar-refractivity contribution in [1.29, 1.82) is 0 Å². The first-order valence-electron chi connectivity index (χ1n) is 4.20. The first-order chi connectivity index (χ1) is 6.66. The van der Waals surface area contributed by atoms with Gasteiger partial charge in [-0.05, 0) is 6.92 Å². The number of thiazole rings is 1. The molecule has 2 N–H and O–H groups in total. The van der Waals surface area contributed by atoms with Crippen LogP contribution >= 0.6 is 11.3 Å². The van der Waals surface area contributed by atoms with Crippen LogP contribution in [0.2, 0.25) is 0 Å². The van der Waals surface area contributed by atoms with Crippen molar-refractivity contribution in [3.63, 3.8) is 0 Å². The summed E-state index contributed by atoms with van der Waals surface area (Å²) in [5, 5.41) is 11.0. The van der Waals surface area contributed by atoms with Gasteiger partial charge in [0.2, 0.25) is 0 Å².